The number of unbranched alkanes of at least 4 members (excludes halogenated alkanes) is 2. The fourth-order valence-corrected chi connectivity index (χ4v) is 2.07. The van der Waals surface area contributed by atoms with E-state index in [9.17, 15) is 0 Å². The Morgan fingerprint density at radius 1 is 0.722 bits per heavy atom. The van der Waals surface area contributed by atoms with Crippen LogP contribution >= 0.6 is 0 Å². The van der Waals surface area contributed by atoms with Gasteiger partial charge in [-0.2, -0.15) is 0 Å². The highest BCUT2D eigenvalue weighted by molar-refractivity contribution is 4.69. The van der Waals surface area contributed by atoms with Crippen LogP contribution in [-0.2, 0) is 0 Å². The summed E-state index contributed by atoms with van der Waals surface area (Å²) in [5.74, 6) is 0. The predicted molar refractivity (Wildman–Crippen MR) is 79.3 cm³/mol. The molecule has 0 rings (SSSR count). The molecule has 0 saturated heterocycles. The highest BCUT2D eigenvalue weighted by Crippen LogP contribution is 2.04. The molecule has 110 valence electrons. The molecule has 5 heteroatoms. The Morgan fingerprint density at radius 3 is 1.78 bits per heavy atom. The largest absolute Gasteiger partial charge is 0.330 e. The molecule has 5 nitrogen and oxygen atoms in total. The SMILES string of the molecule is NCCCCCC(N)CN(CCCN)CCCN. The van der Waals surface area contributed by atoms with Gasteiger partial charge in [0.15, 0.2) is 0 Å². The molecule has 0 aliphatic rings. The molecule has 0 spiro atoms. The van der Waals surface area contributed by atoms with E-state index in [1.54, 1.807) is 0 Å². The summed E-state index contributed by atoms with van der Waals surface area (Å²) in [6.45, 7) is 5.30. The lowest BCUT2D eigenvalue weighted by Crippen LogP contribution is -2.39. The Balaban J connectivity index is 3.74. The summed E-state index contributed by atoms with van der Waals surface area (Å²) in [5, 5.41) is 0. The van der Waals surface area contributed by atoms with E-state index in [0.717, 1.165) is 65.0 Å². The van der Waals surface area contributed by atoms with Gasteiger partial charge < -0.3 is 27.8 Å². The summed E-state index contributed by atoms with van der Waals surface area (Å²) >= 11 is 0. The number of nitrogens with zero attached hydrogens (tertiary/aromatic N) is 1. The summed E-state index contributed by atoms with van der Waals surface area (Å²) < 4.78 is 0. The lowest BCUT2D eigenvalue weighted by Gasteiger charge is -2.25. The molecule has 0 aliphatic carbocycles. The molecule has 1 atom stereocenters. The summed E-state index contributed by atoms with van der Waals surface area (Å²) in [6.07, 6.45) is 6.63. The standard InChI is InChI=1S/C13H33N5/c14-7-3-1-2-6-13(17)12-18(10-4-8-15)11-5-9-16/h13H,1-12,14-17H2. The maximum atomic E-state index is 6.16. The third kappa shape index (κ3) is 10.9. The molecule has 0 aromatic rings. The molecule has 0 heterocycles. The van der Waals surface area contributed by atoms with Gasteiger partial charge in [-0.25, -0.2) is 0 Å². The van der Waals surface area contributed by atoms with Gasteiger partial charge in [0.1, 0.15) is 0 Å². The summed E-state index contributed by atoms with van der Waals surface area (Å²) in [5.41, 5.74) is 22.7. The zero-order valence-corrected chi connectivity index (χ0v) is 11.8. The molecule has 0 amide bonds. The van der Waals surface area contributed by atoms with Gasteiger partial charge in [0.2, 0.25) is 0 Å². The Bertz CT molecular complexity index is 157. The molecule has 0 aromatic carbocycles. The van der Waals surface area contributed by atoms with Crippen molar-refractivity contribution < 1.29 is 0 Å². The molecular formula is C13H33N5. The van der Waals surface area contributed by atoms with E-state index in [0.29, 0.717) is 0 Å². The van der Waals surface area contributed by atoms with Crippen molar-refractivity contribution >= 4 is 0 Å². The highest BCUT2D eigenvalue weighted by Gasteiger charge is 2.09. The van der Waals surface area contributed by atoms with Crippen LogP contribution < -0.4 is 22.9 Å². The molecule has 0 aliphatic heterocycles. The topological polar surface area (TPSA) is 107 Å². The summed E-state index contributed by atoms with van der Waals surface area (Å²) in [7, 11) is 0. The van der Waals surface area contributed by atoms with E-state index in [1.807, 2.05) is 0 Å². The van der Waals surface area contributed by atoms with E-state index >= 15 is 0 Å². The van der Waals surface area contributed by atoms with E-state index < -0.39 is 0 Å². The van der Waals surface area contributed by atoms with Crippen LogP contribution in [-0.4, -0.2) is 50.2 Å². The smallest absolute Gasteiger partial charge is 0.0167 e. The Labute approximate surface area is 112 Å². The Hall–Kier alpha value is -0.200. The zero-order chi connectivity index (χ0) is 13.6. The van der Waals surface area contributed by atoms with Gasteiger partial charge in [0.05, 0.1) is 0 Å². The van der Waals surface area contributed by atoms with Crippen LogP contribution in [0.5, 0.6) is 0 Å². The normalized spacial score (nSPS) is 13.2. The van der Waals surface area contributed by atoms with Gasteiger partial charge in [-0.05, 0) is 58.4 Å². The van der Waals surface area contributed by atoms with Crippen molar-refractivity contribution in [2.45, 2.75) is 44.6 Å². The first-order valence-corrected chi connectivity index (χ1v) is 7.32. The average Bonchev–Trinajstić information content (AvgIpc) is 2.38. The summed E-state index contributed by atoms with van der Waals surface area (Å²) in [4.78, 5) is 2.40. The van der Waals surface area contributed by atoms with Crippen LogP contribution in [0.15, 0.2) is 0 Å². The Kier molecular flexibility index (Phi) is 13.1. The minimum Gasteiger partial charge on any atom is -0.330 e. The van der Waals surface area contributed by atoms with Crippen LogP contribution in [0.3, 0.4) is 0 Å². The van der Waals surface area contributed by atoms with Gasteiger partial charge in [0.25, 0.3) is 0 Å². The number of hydrogen-bond donors (Lipinski definition) is 4. The quantitative estimate of drug-likeness (QED) is 0.344. The monoisotopic (exact) mass is 259 g/mol. The van der Waals surface area contributed by atoms with Crippen LogP contribution in [0.1, 0.15) is 38.5 Å². The number of nitrogens with two attached hydrogens (primary N) is 4. The molecular weight excluding hydrogens is 226 g/mol. The predicted octanol–water partition coefficient (Wildman–Crippen LogP) is -0.168. The summed E-state index contributed by atoms with van der Waals surface area (Å²) in [6, 6.07) is 0.262. The van der Waals surface area contributed by atoms with Gasteiger partial charge in [0, 0.05) is 12.6 Å². The fraction of sp³-hybridized carbons (Fsp3) is 1.00. The average molecular weight is 259 g/mol. The zero-order valence-electron chi connectivity index (χ0n) is 11.8. The molecule has 0 saturated carbocycles. The third-order valence-corrected chi connectivity index (χ3v) is 3.13. The second-order valence-electron chi connectivity index (χ2n) is 4.98. The van der Waals surface area contributed by atoms with Crippen molar-refractivity contribution in [1.82, 2.24) is 4.90 Å². The van der Waals surface area contributed by atoms with Crippen molar-refractivity contribution in [2.75, 3.05) is 39.3 Å². The van der Waals surface area contributed by atoms with Crippen molar-refractivity contribution in [3.63, 3.8) is 0 Å². The van der Waals surface area contributed by atoms with Gasteiger partial charge in [-0.1, -0.05) is 12.8 Å². The Morgan fingerprint density at radius 2 is 1.28 bits per heavy atom. The van der Waals surface area contributed by atoms with Crippen molar-refractivity contribution in [1.29, 1.82) is 0 Å². The van der Waals surface area contributed by atoms with Crippen LogP contribution in [0.2, 0.25) is 0 Å². The number of hydrogen-bond acceptors (Lipinski definition) is 5. The molecule has 0 aromatic heterocycles. The van der Waals surface area contributed by atoms with Crippen molar-refractivity contribution in [3.8, 4) is 0 Å². The van der Waals surface area contributed by atoms with E-state index in [2.05, 4.69) is 4.90 Å². The molecule has 0 fully saturated rings. The first kappa shape index (κ1) is 17.8. The first-order chi connectivity index (χ1) is 8.74. The van der Waals surface area contributed by atoms with Crippen LogP contribution in [0.25, 0.3) is 0 Å². The second kappa shape index (κ2) is 13.2. The minimum atomic E-state index is 0.262. The lowest BCUT2D eigenvalue weighted by molar-refractivity contribution is 0.248. The first-order valence-electron chi connectivity index (χ1n) is 7.32. The van der Waals surface area contributed by atoms with Crippen molar-refractivity contribution in [3.05, 3.63) is 0 Å². The molecule has 1 unspecified atom stereocenters. The van der Waals surface area contributed by atoms with Crippen LogP contribution in [0.4, 0.5) is 0 Å². The van der Waals surface area contributed by atoms with Gasteiger partial charge >= 0.3 is 0 Å². The van der Waals surface area contributed by atoms with Crippen molar-refractivity contribution in [2.24, 2.45) is 22.9 Å². The fourth-order valence-electron chi connectivity index (χ4n) is 2.07. The van der Waals surface area contributed by atoms with Crippen LogP contribution in [0, 0.1) is 0 Å². The third-order valence-electron chi connectivity index (χ3n) is 3.13. The highest BCUT2D eigenvalue weighted by atomic mass is 15.1. The van der Waals surface area contributed by atoms with Gasteiger partial charge in [-0.3, -0.25) is 0 Å². The lowest BCUT2D eigenvalue weighted by atomic mass is 10.1. The molecule has 18 heavy (non-hydrogen) atoms. The second-order valence-corrected chi connectivity index (χ2v) is 4.98. The van der Waals surface area contributed by atoms with Gasteiger partial charge in [-0.15, -0.1) is 0 Å². The molecule has 0 bridgehead atoms. The van der Waals surface area contributed by atoms with E-state index in [1.165, 1.54) is 12.8 Å². The number of rotatable bonds is 13. The molecule has 8 N–H and O–H groups in total. The van der Waals surface area contributed by atoms with E-state index in [4.69, 9.17) is 22.9 Å². The maximum absolute atomic E-state index is 6.16. The van der Waals surface area contributed by atoms with E-state index in [-0.39, 0.29) is 6.04 Å². The maximum Gasteiger partial charge on any atom is 0.0167 e. The molecule has 0 radical (unpaired) electrons. The minimum absolute atomic E-state index is 0.262.